The summed E-state index contributed by atoms with van der Waals surface area (Å²) in [5, 5.41) is 2.44. The molecule has 322 valence electrons. The molecule has 0 fully saturated rings. The van der Waals surface area contributed by atoms with Crippen LogP contribution in [0.1, 0.15) is 73.6 Å². The fraction of sp³-hybridized carbons (Fsp3) is 0.121. The summed E-state index contributed by atoms with van der Waals surface area (Å²) in [5.41, 5.74) is 22.3. The fourth-order valence-corrected chi connectivity index (χ4v) is 11.7. The van der Waals surface area contributed by atoms with Crippen LogP contribution < -0.4 is 4.90 Å². The summed E-state index contributed by atoms with van der Waals surface area (Å²) < 4.78 is 0. The van der Waals surface area contributed by atoms with Gasteiger partial charge in [-0.05, 0) is 132 Å². The largest absolute Gasteiger partial charge is 0.310 e. The highest BCUT2D eigenvalue weighted by Crippen LogP contribution is 2.53. The minimum atomic E-state index is -0.358. The first-order chi connectivity index (χ1) is 32.6. The molecule has 0 aliphatic heterocycles. The molecular formula is C66H53N. The molecule has 0 unspecified atom stereocenters. The first-order valence-corrected chi connectivity index (χ1v) is 23.8. The SMILES string of the molecule is CC1(C)c2ccccc2-c2cc(N(c3ccc(C(C)(c4ccccc4)c4ccccc4)cc3)c3ccc4ccccc4c3-c3ccc(-c4ccc5c(c4)C(C)(C)c4ccccc4-5)cc3)ccc21. The molecule has 0 heterocycles. The van der Waals surface area contributed by atoms with Gasteiger partial charge < -0.3 is 4.90 Å². The maximum Gasteiger partial charge on any atom is 0.0546 e. The number of fused-ring (bicyclic) bond motifs is 7. The van der Waals surface area contributed by atoms with Crippen molar-refractivity contribution in [3.8, 4) is 44.5 Å². The van der Waals surface area contributed by atoms with Gasteiger partial charge in [0.2, 0.25) is 0 Å². The molecule has 10 aromatic carbocycles. The van der Waals surface area contributed by atoms with Crippen molar-refractivity contribution in [2.45, 2.75) is 50.9 Å². The Morgan fingerprint density at radius 1 is 0.343 bits per heavy atom. The maximum atomic E-state index is 2.50. The van der Waals surface area contributed by atoms with Crippen molar-refractivity contribution in [3.05, 3.63) is 269 Å². The lowest BCUT2D eigenvalue weighted by Crippen LogP contribution is -2.25. The summed E-state index contributed by atoms with van der Waals surface area (Å²) in [6.45, 7) is 11.8. The Morgan fingerprint density at radius 3 is 1.51 bits per heavy atom. The average molecular weight is 860 g/mol. The lowest BCUT2D eigenvalue weighted by molar-refractivity contribution is 0.660. The van der Waals surface area contributed by atoms with Gasteiger partial charge in [0.1, 0.15) is 0 Å². The number of anilines is 3. The molecule has 1 nitrogen and oxygen atoms in total. The third-order valence-electron chi connectivity index (χ3n) is 15.5. The van der Waals surface area contributed by atoms with Gasteiger partial charge in [-0.15, -0.1) is 0 Å². The molecule has 0 amide bonds. The molecule has 0 atom stereocenters. The zero-order valence-electron chi connectivity index (χ0n) is 38.9. The second kappa shape index (κ2) is 15.4. The molecule has 0 radical (unpaired) electrons. The molecule has 1 heteroatoms. The molecule has 0 saturated heterocycles. The third-order valence-corrected chi connectivity index (χ3v) is 15.5. The minimum Gasteiger partial charge on any atom is -0.310 e. The van der Waals surface area contributed by atoms with Crippen molar-refractivity contribution < 1.29 is 0 Å². The monoisotopic (exact) mass is 859 g/mol. The highest BCUT2D eigenvalue weighted by molar-refractivity contribution is 6.06. The number of hydrogen-bond acceptors (Lipinski definition) is 1. The van der Waals surface area contributed by atoms with Crippen LogP contribution in [-0.4, -0.2) is 0 Å². The lowest BCUT2D eigenvalue weighted by Gasteiger charge is -2.33. The van der Waals surface area contributed by atoms with Crippen LogP contribution in [-0.2, 0) is 16.2 Å². The summed E-state index contributed by atoms with van der Waals surface area (Å²) >= 11 is 0. The highest BCUT2D eigenvalue weighted by Gasteiger charge is 2.37. The Bertz CT molecular complexity index is 3460. The van der Waals surface area contributed by atoms with Crippen LogP contribution in [0.25, 0.3) is 55.3 Å². The normalized spacial score (nSPS) is 14.0. The molecule has 0 saturated carbocycles. The molecule has 2 aliphatic carbocycles. The molecule has 0 bridgehead atoms. The Hall–Kier alpha value is -7.74. The van der Waals surface area contributed by atoms with E-state index in [1.165, 1.54) is 94.2 Å². The number of rotatable bonds is 8. The van der Waals surface area contributed by atoms with Gasteiger partial charge in [-0.1, -0.05) is 222 Å². The topological polar surface area (TPSA) is 3.24 Å². The van der Waals surface area contributed by atoms with Crippen LogP contribution in [0.15, 0.2) is 231 Å². The second-order valence-corrected chi connectivity index (χ2v) is 19.8. The van der Waals surface area contributed by atoms with E-state index in [0.29, 0.717) is 0 Å². The van der Waals surface area contributed by atoms with Crippen molar-refractivity contribution in [1.29, 1.82) is 0 Å². The summed E-state index contributed by atoms with van der Waals surface area (Å²) in [6.07, 6.45) is 0. The van der Waals surface area contributed by atoms with Crippen molar-refractivity contribution in [2.75, 3.05) is 4.90 Å². The Kier molecular flexibility index (Phi) is 9.38. The van der Waals surface area contributed by atoms with Crippen molar-refractivity contribution >= 4 is 27.8 Å². The van der Waals surface area contributed by atoms with E-state index in [4.69, 9.17) is 0 Å². The summed E-state index contributed by atoms with van der Waals surface area (Å²) in [6, 6.07) is 86.0. The molecule has 0 spiro atoms. The quantitative estimate of drug-likeness (QED) is 0.138. The van der Waals surface area contributed by atoms with E-state index in [-0.39, 0.29) is 16.2 Å². The first-order valence-electron chi connectivity index (χ1n) is 23.8. The van der Waals surface area contributed by atoms with E-state index in [1.54, 1.807) is 0 Å². The van der Waals surface area contributed by atoms with E-state index in [1.807, 2.05) is 0 Å². The predicted molar refractivity (Wildman–Crippen MR) is 283 cm³/mol. The van der Waals surface area contributed by atoms with Crippen LogP contribution >= 0.6 is 0 Å². The molecule has 0 aromatic heterocycles. The molecule has 67 heavy (non-hydrogen) atoms. The molecule has 2 aliphatic rings. The molecule has 0 N–H and O–H groups in total. The van der Waals surface area contributed by atoms with Crippen LogP contribution in [0.3, 0.4) is 0 Å². The standard InChI is InChI=1S/C66H53N/c1-64(2)59-27-17-15-25-55(59)57-43-52(38-40-60(57)64)67(51-36-34-50(35-37-51)66(5,48-19-8-6-9-20-48)49-21-10-7-11-22-49)62-41-33-45-18-12-13-23-53(45)63(62)46-30-28-44(29-31-46)47-32-39-56-54-24-14-16-26-58(54)65(3,4)61(56)42-47/h6-43H,1-5H3. The lowest BCUT2D eigenvalue weighted by atomic mass is 9.71. The van der Waals surface area contributed by atoms with Gasteiger partial charge in [-0.2, -0.15) is 0 Å². The number of nitrogens with zero attached hydrogens (tertiary/aromatic N) is 1. The van der Waals surface area contributed by atoms with E-state index >= 15 is 0 Å². The number of benzene rings is 10. The van der Waals surface area contributed by atoms with Gasteiger partial charge in [-0.25, -0.2) is 0 Å². The molecular weight excluding hydrogens is 807 g/mol. The van der Waals surface area contributed by atoms with Crippen molar-refractivity contribution in [3.63, 3.8) is 0 Å². The Balaban J connectivity index is 1.03. The second-order valence-electron chi connectivity index (χ2n) is 19.8. The van der Waals surface area contributed by atoms with Crippen LogP contribution in [0.4, 0.5) is 17.1 Å². The average Bonchev–Trinajstić information content (AvgIpc) is 3.75. The summed E-state index contributed by atoms with van der Waals surface area (Å²) in [7, 11) is 0. The smallest absolute Gasteiger partial charge is 0.0546 e. The summed E-state index contributed by atoms with van der Waals surface area (Å²) in [4.78, 5) is 2.50. The highest BCUT2D eigenvalue weighted by atomic mass is 15.1. The Morgan fingerprint density at radius 2 is 0.836 bits per heavy atom. The van der Waals surface area contributed by atoms with Gasteiger partial charge in [0, 0.05) is 33.2 Å². The van der Waals surface area contributed by atoms with Gasteiger partial charge in [0.05, 0.1) is 5.69 Å². The zero-order valence-corrected chi connectivity index (χ0v) is 38.9. The minimum absolute atomic E-state index is 0.0570. The van der Waals surface area contributed by atoms with Crippen LogP contribution in [0, 0.1) is 0 Å². The zero-order chi connectivity index (χ0) is 45.5. The predicted octanol–water partition coefficient (Wildman–Crippen LogP) is 17.6. The van der Waals surface area contributed by atoms with E-state index in [0.717, 1.165) is 17.1 Å². The Labute approximate surface area is 395 Å². The fourth-order valence-electron chi connectivity index (χ4n) is 11.7. The first kappa shape index (κ1) is 40.7. The van der Waals surface area contributed by atoms with Gasteiger partial charge in [0.25, 0.3) is 0 Å². The van der Waals surface area contributed by atoms with Crippen LogP contribution in [0.5, 0.6) is 0 Å². The summed E-state index contributed by atoms with van der Waals surface area (Å²) in [5.74, 6) is 0. The van der Waals surface area contributed by atoms with E-state index < -0.39 is 0 Å². The van der Waals surface area contributed by atoms with Gasteiger partial charge >= 0.3 is 0 Å². The van der Waals surface area contributed by atoms with Crippen LogP contribution in [0.2, 0.25) is 0 Å². The van der Waals surface area contributed by atoms with Gasteiger partial charge in [-0.3, -0.25) is 0 Å². The van der Waals surface area contributed by atoms with Gasteiger partial charge in [0.15, 0.2) is 0 Å². The third kappa shape index (κ3) is 6.36. The van der Waals surface area contributed by atoms with E-state index in [9.17, 15) is 0 Å². The van der Waals surface area contributed by atoms with Crippen molar-refractivity contribution in [1.82, 2.24) is 0 Å². The maximum absolute atomic E-state index is 2.50. The number of hydrogen-bond donors (Lipinski definition) is 0. The van der Waals surface area contributed by atoms with Crippen molar-refractivity contribution in [2.24, 2.45) is 0 Å². The van der Waals surface area contributed by atoms with E-state index in [2.05, 4.69) is 270 Å². The molecule has 12 rings (SSSR count). The molecule has 10 aromatic rings.